The first-order valence-electron chi connectivity index (χ1n) is 34.6. The van der Waals surface area contributed by atoms with E-state index >= 15 is 0 Å². The third kappa shape index (κ3) is 63.2. The number of aliphatic hydroxyl groups excluding tert-OH is 1. The number of oxime groups is 5. The molecular formula is C71H143N17O13SY2-4. The predicted octanol–water partition coefficient (Wildman–Crippen LogP) is 7.13. The summed E-state index contributed by atoms with van der Waals surface area (Å²) in [6.45, 7) is 60.9. The molecule has 606 valence electrons. The summed E-state index contributed by atoms with van der Waals surface area (Å²) in [6, 6.07) is -2.22. The molecule has 0 rings (SSSR count). The van der Waals surface area contributed by atoms with Crippen LogP contribution in [0, 0.1) is 43.4 Å². The van der Waals surface area contributed by atoms with Crippen LogP contribution in [0.2, 0.25) is 0 Å². The van der Waals surface area contributed by atoms with Gasteiger partial charge in [0, 0.05) is 115 Å². The van der Waals surface area contributed by atoms with Crippen molar-refractivity contribution in [3.63, 3.8) is 0 Å². The summed E-state index contributed by atoms with van der Waals surface area (Å²) in [5, 5.41) is 112. The van der Waals surface area contributed by atoms with E-state index in [9.17, 15) is 33.9 Å². The average molecular weight is 1650 g/mol. The molecule has 30 nitrogen and oxygen atoms in total. The number of Topliss-reactive ketones (excluding diaryl/α,β-unsaturated/α-hetero) is 2. The summed E-state index contributed by atoms with van der Waals surface area (Å²) in [5.41, 5.74) is -0.268. The molecular weight excluding hydrogens is 1510 g/mol. The maximum atomic E-state index is 12.6. The van der Waals surface area contributed by atoms with Gasteiger partial charge in [-0.3, -0.25) is 28.8 Å². The van der Waals surface area contributed by atoms with E-state index in [1.165, 1.54) is 18.7 Å². The number of aliphatic hydroxyl groups is 1. The first kappa shape index (κ1) is 116. The van der Waals surface area contributed by atoms with E-state index in [0.29, 0.717) is 85.3 Å². The van der Waals surface area contributed by atoms with E-state index in [-0.39, 0.29) is 136 Å². The average Bonchev–Trinajstić information content (AvgIpc) is 0.872. The van der Waals surface area contributed by atoms with Crippen LogP contribution in [0.3, 0.4) is 0 Å². The molecule has 0 aromatic heterocycles. The van der Waals surface area contributed by atoms with Gasteiger partial charge in [-0.15, -0.1) is 24.9 Å². The van der Waals surface area contributed by atoms with Gasteiger partial charge in [0.25, 0.3) is 0 Å². The van der Waals surface area contributed by atoms with Gasteiger partial charge in [-0.2, -0.15) is 11.8 Å². The van der Waals surface area contributed by atoms with Crippen LogP contribution < -0.4 is 53.2 Å². The van der Waals surface area contributed by atoms with Gasteiger partial charge in [0.1, 0.15) is 11.8 Å². The summed E-state index contributed by atoms with van der Waals surface area (Å²) < 4.78 is 0. The van der Waals surface area contributed by atoms with Gasteiger partial charge in [0.15, 0.2) is 5.78 Å². The maximum Gasteiger partial charge on any atom is 0.245 e. The zero-order valence-corrected chi connectivity index (χ0v) is 75.6. The minimum absolute atomic E-state index is 0. The Morgan fingerprint density at radius 2 is 0.894 bits per heavy atom. The van der Waals surface area contributed by atoms with E-state index in [0.717, 1.165) is 19.5 Å². The fraction of sp³-hybridized carbons (Fsp3) is 0.789. The molecule has 0 aliphatic heterocycles. The SMILES string of the molecule is C/C(=N\O)C(C)(C)NCC(CNC(C)(C)/C(C)=N/O)NC(=O)CCCC(=O)C(C)C.C/C(=N\O)C(C)(C)NCCCNC(C)(C)[C-]=NO.C/C(=N\O)C(C)(C)NC[CH-]CNC(C)(C)/C(C)=N/O.CC(=O)NCSC[C@H](NC(=O)[C@H](CO)NC(=O)CN(C)C)C(=O)C(C)(C)C.[CH2-]C(C)C.[CH2-]C(C)C.[Y].[Y]. The van der Waals surface area contributed by atoms with Crippen LogP contribution in [0.4, 0.5) is 0 Å². The number of hydrogen-bond donors (Lipinski definition) is 17. The standard InChI is InChI=1S/C21H41N5O4.C17H32N4O5S.C13H27N4O2.C12H25N4O2.2C4H9.2Y/c1-14(2)18(27)10-9-11-19(28)24-17(12-22-20(5,6)15(3)25-29)13-23-21(7,8)16(4)26-30;1-11(23)18-10-27-9-13(15(25)17(2,3)4)20-16(26)12(8-22)19-14(24)7-21(5)6;1-10(16-18)12(3,4)14-8-7-9-15-13(5,6)11(2)17-19;1-10(16-18)12(4,5)14-8-6-7-13-11(2,3)9-15-17;2*1-4(2)3;;/h14,17,22-23,29-30H,9-13H2,1-8H3,(H,24,28);12-13,22H,7-10H2,1-6H3,(H,18,23)(H,19,24)(H,20,26);7,14-15,18-19H,8-9H2,1-6H3;13-14,17-18H,6-8H2,1-5H3;2*4H,1H2,2-3H3;;/q;;4*-1;;/b25-15+,26-16+;;16-10+,17-11+;16-10+;;;;/t;12-,13-;;;;;;/m.0....../s1. The van der Waals surface area contributed by atoms with Gasteiger partial charge in [-0.25, -0.2) is 0 Å². The Balaban J connectivity index is -0.000000192. The second-order valence-corrected chi connectivity index (χ2v) is 31.4. The summed E-state index contributed by atoms with van der Waals surface area (Å²) in [4.78, 5) is 73.6. The van der Waals surface area contributed by atoms with Gasteiger partial charge >= 0.3 is 0 Å². The number of thioether (sulfide) groups is 1. The summed E-state index contributed by atoms with van der Waals surface area (Å²) in [7, 11) is 3.41. The number of rotatable bonds is 41. The molecule has 4 amide bonds. The normalized spacial score (nSPS) is 13.7. The Labute approximate surface area is 681 Å². The van der Waals surface area contributed by atoms with Gasteiger partial charge in [-0.1, -0.05) is 107 Å². The van der Waals surface area contributed by atoms with Gasteiger partial charge in [-0.05, 0) is 144 Å². The van der Waals surface area contributed by atoms with Crippen molar-refractivity contribution in [3.05, 3.63) is 20.3 Å². The number of amides is 4. The zero-order valence-electron chi connectivity index (χ0n) is 69.1. The Morgan fingerprint density at radius 1 is 0.519 bits per heavy atom. The van der Waals surface area contributed by atoms with Crippen molar-refractivity contribution in [1.29, 1.82) is 0 Å². The Kier molecular flexibility index (Phi) is 68.2. The fourth-order valence-electron chi connectivity index (χ4n) is 7.02. The smallest absolute Gasteiger partial charge is 0.245 e. The molecule has 104 heavy (non-hydrogen) atoms. The summed E-state index contributed by atoms with van der Waals surface area (Å²) >= 11 is 1.29. The van der Waals surface area contributed by atoms with Crippen LogP contribution in [0.15, 0.2) is 30.9 Å². The van der Waals surface area contributed by atoms with Crippen LogP contribution in [-0.2, 0) is 94.2 Å². The molecule has 0 unspecified atom stereocenters. The molecule has 0 saturated heterocycles. The molecule has 0 bridgehead atoms. The largest absolute Gasteiger partial charge is 0.447 e. The second-order valence-electron chi connectivity index (χ2n) is 30.4. The Bertz CT molecular complexity index is 2480. The van der Waals surface area contributed by atoms with Crippen molar-refractivity contribution < 1.29 is 131 Å². The van der Waals surface area contributed by atoms with E-state index in [2.05, 4.69) is 132 Å². The van der Waals surface area contributed by atoms with Crippen LogP contribution in [0.5, 0.6) is 0 Å². The monoisotopic (exact) mass is 1650 g/mol. The number of hydrogen-bond acceptors (Lipinski definition) is 27. The van der Waals surface area contributed by atoms with Crippen molar-refractivity contribution >= 4 is 81.7 Å². The molecule has 0 aliphatic rings. The minimum Gasteiger partial charge on any atom is -0.447 e. The number of nitrogens with zero attached hydrogens (tertiary/aromatic N) is 7. The number of ketones is 2. The molecule has 17 N–H and O–H groups in total. The van der Waals surface area contributed by atoms with Crippen LogP contribution >= 0.6 is 11.8 Å². The second kappa shape index (κ2) is 61.1. The van der Waals surface area contributed by atoms with E-state index in [1.807, 2.05) is 103 Å². The van der Waals surface area contributed by atoms with E-state index in [1.54, 1.807) is 74.4 Å². The molecule has 0 fully saturated rings. The summed E-state index contributed by atoms with van der Waals surface area (Å²) in [5.74, 6) is 0.330. The first-order valence-corrected chi connectivity index (χ1v) is 35.8. The molecule has 0 spiro atoms. The Hall–Kier alpha value is -3.72. The van der Waals surface area contributed by atoms with Crippen molar-refractivity contribution in [2.24, 2.45) is 54.1 Å². The van der Waals surface area contributed by atoms with Gasteiger partial charge in [0.2, 0.25) is 23.6 Å². The molecule has 0 aromatic carbocycles. The zero-order chi connectivity index (χ0) is 81.2. The molecule has 33 heteroatoms. The van der Waals surface area contributed by atoms with E-state index < -0.39 is 52.5 Å². The van der Waals surface area contributed by atoms with Crippen molar-refractivity contribution in [2.45, 2.75) is 264 Å². The fourth-order valence-corrected chi connectivity index (χ4v) is 7.91. The molecule has 2 radical (unpaired) electrons. The quantitative estimate of drug-likeness (QED) is 0.00722. The third-order valence-electron chi connectivity index (χ3n) is 15.3. The number of carbonyl (C=O) groups excluding carboxylic acids is 6. The number of nitrogens with one attached hydrogen (secondary N) is 10. The molecule has 0 aromatic rings. The molecule has 0 saturated carbocycles. The van der Waals surface area contributed by atoms with Crippen LogP contribution in [0.25, 0.3) is 0 Å². The van der Waals surface area contributed by atoms with Crippen molar-refractivity contribution in [1.82, 2.24) is 58.1 Å². The predicted molar refractivity (Wildman–Crippen MR) is 416 cm³/mol. The Morgan fingerprint density at radius 3 is 1.23 bits per heavy atom. The number of carbonyl (C=O) groups is 6. The van der Waals surface area contributed by atoms with Gasteiger partial charge < -0.3 is 126 Å². The third-order valence-corrected chi connectivity index (χ3v) is 16.2. The topological polar surface area (TPSA) is 442 Å². The maximum absolute atomic E-state index is 12.6. The molecule has 0 heterocycles. The van der Waals surface area contributed by atoms with Crippen LogP contribution in [0.1, 0.15) is 213 Å². The van der Waals surface area contributed by atoms with Crippen LogP contribution in [-0.4, -0.2) is 241 Å². The van der Waals surface area contributed by atoms with Crippen molar-refractivity contribution in [2.75, 3.05) is 78.1 Å². The summed E-state index contributed by atoms with van der Waals surface area (Å²) in [6.07, 6.45) is 6.68. The minimum atomic E-state index is -1.15. The molecule has 0 aliphatic carbocycles. The van der Waals surface area contributed by atoms with Gasteiger partial charge in [0.05, 0.1) is 87.4 Å². The first-order chi connectivity index (χ1) is 46.5. The van der Waals surface area contributed by atoms with E-state index in [4.69, 9.17) is 31.2 Å². The number of likely N-dealkylation sites (N-methyl/N-ethyl adjacent to an activating group) is 1. The van der Waals surface area contributed by atoms with Crippen molar-refractivity contribution in [3.8, 4) is 0 Å². The molecule has 2 atom stereocenters.